The number of carbonyl (C=O) groups excluding carboxylic acids is 2. The first-order valence-electron chi connectivity index (χ1n) is 10.1. The first-order valence-corrected chi connectivity index (χ1v) is 10.9. The van der Waals surface area contributed by atoms with Gasteiger partial charge < -0.3 is 25.1 Å². The number of halogens is 1. The van der Waals surface area contributed by atoms with Gasteiger partial charge in [-0.25, -0.2) is 19.6 Å². The van der Waals surface area contributed by atoms with Crippen molar-refractivity contribution in [3.05, 3.63) is 53.4 Å². The van der Waals surface area contributed by atoms with E-state index < -0.39 is 23.7 Å². The van der Waals surface area contributed by atoms with Crippen LogP contribution in [0.5, 0.6) is 0 Å². The van der Waals surface area contributed by atoms with E-state index >= 15 is 0 Å². The van der Waals surface area contributed by atoms with Crippen molar-refractivity contribution in [3.8, 4) is 11.1 Å². The highest BCUT2D eigenvalue weighted by molar-refractivity contribution is 9.10. The molecule has 0 aliphatic rings. The number of nitrogens with two attached hydrogens (primary N) is 1. The van der Waals surface area contributed by atoms with E-state index in [2.05, 4.69) is 37.8 Å². The fourth-order valence-electron chi connectivity index (χ4n) is 3.32. The Bertz CT molecular complexity index is 1200. The number of anilines is 1. The maximum absolute atomic E-state index is 12.3. The van der Waals surface area contributed by atoms with Crippen LogP contribution in [0.15, 0.2) is 47.9 Å². The summed E-state index contributed by atoms with van der Waals surface area (Å²) in [5, 5.41) is 3.46. The molecule has 174 valence electrons. The van der Waals surface area contributed by atoms with Crippen LogP contribution in [0, 0.1) is 0 Å². The number of hydrogen-bond donors (Lipinski definition) is 2. The molecule has 9 nitrogen and oxygen atoms in total. The number of nitrogen functional groups attached to an aromatic ring is 1. The monoisotopic (exact) mass is 515 g/mol. The maximum Gasteiger partial charge on any atom is 0.408 e. The van der Waals surface area contributed by atoms with Crippen molar-refractivity contribution in [2.45, 2.75) is 39.0 Å². The number of alkyl carbamates (subject to hydrolysis) is 1. The Hall–Kier alpha value is -3.40. The molecule has 10 heteroatoms. The van der Waals surface area contributed by atoms with Gasteiger partial charge in [-0.15, -0.1) is 6.58 Å². The average Bonchev–Trinajstić information content (AvgIpc) is 3.04. The number of hydrogen-bond acceptors (Lipinski definition) is 7. The number of benzene rings is 1. The molecule has 0 saturated carbocycles. The summed E-state index contributed by atoms with van der Waals surface area (Å²) in [5.74, 6) is -0.116. The maximum atomic E-state index is 12.3. The van der Waals surface area contributed by atoms with Crippen LogP contribution in [-0.2, 0) is 16.0 Å². The van der Waals surface area contributed by atoms with Crippen LogP contribution in [0.4, 0.5) is 10.6 Å². The number of fused-ring (bicyclic) bond motifs is 1. The molecule has 0 unspecified atom stereocenters. The van der Waals surface area contributed by atoms with Crippen molar-refractivity contribution in [2.75, 3.05) is 12.8 Å². The third-order valence-electron chi connectivity index (χ3n) is 4.77. The Morgan fingerprint density at radius 1 is 1.27 bits per heavy atom. The SMILES string of the molecule is C=C[C@H](Cn1c(Br)c(-c2ccc(C(=O)OC)cc2)c2c(N)ncnc21)NC(=O)OC(C)(C)C. The Morgan fingerprint density at radius 2 is 1.94 bits per heavy atom. The minimum atomic E-state index is -0.623. The lowest BCUT2D eigenvalue weighted by atomic mass is 10.0. The summed E-state index contributed by atoms with van der Waals surface area (Å²) in [7, 11) is 1.33. The molecule has 3 N–H and O–H groups in total. The molecule has 0 bridgehead atoms. The molecule has 0 spiro atoms. The van der Waals surface area contributed by atoms with Crippen LogP contribution < -0.4 is 11.1 Å². The van der Waals surface area contributed by atoms with Crippen LogP contribution in [0.1, 0.15) is 31.1 Å². The number of carbonyl (C=O) groups is 2. The highest BCUT2D eigenvalue weighted by atomic mass is 79.9. The van der Waals surface area contributed by atoms with Gasteiger partial charge in [0.05, 0.1) is 28.7 Å². The van der Waals surface area contributed by atoms with Gasteiger partial charge in [-0.3, -0.25) is 0 Å². The number of nitrogens with zero attached hydrogens (tertiary/aromatic N) is 3. The average molecular weight is 516 g/mol. The van der Waals surface area contributed by atoms with Gasteiger partial charge in [0, 0.05) is 12.1 Å². The van der Waals surface area contributed by atoms with Gasteiger partial charge in [-0.2, -0.15) is 0 Å². The largest absolute Gasteiger partial charge is 0.465 e. The normalized spacial score (nSPS) is 12.3. The number of rotatable bonds is 6. The molecular formula is C23H26BrN5O4. The van der Waals surface area contributed by atoms with Crippen LogP contribution in [-0.4, -0.2) is 45.4 Å². The molecule has 0 aliphatic carbocycles. The van der Waals surface area contributed by atoms with E-state index in [-0.39, 0.29) is 0 Å². The number of esters is 1. The Kier molecular flexibility index (Phi) is 7.06. The second-order valence-corrected chi connectivity index (χ2v) is 9.04. The number of nitrogens with one attached hydrogen (secondary N) is 1. The summed E-state index contributed by atoms with van der Waals surface area (Å²) in [6.45, 7) is 9.53. The molecule has 33 heavy (non-hydrogen) atoms. The lowest BCUT2D eigenvalue weighted by molar-refractivity contribution is 0.0510. The summed E-state index contributed by atoms with van der Waals surface area (Å²) < 4.78 is 12.7. The second-order valence-electron chi connectivity index (χ2n) is 8.29. The predicted molar refractivity (Wildman–Crippen MR) is 130 cm³/mol. The van der Waals surface area contributed by atoms with E-state index in [9.17, 15) is 9.59 Å². The molecular weight excluding hydrogens is 490 g/mol. The summed E-state index contributed by atoms with van der Waals surface area (Å²) in [6, 6.07) is 6.50. The smallest absolute Gasteiger partial charge is 0.408 e. The lowest BCUT2D eigenvalue weighted by Gasteiger charge is -2.22. The Labute approximate surface area is 200 Å². The van der Waals surface area contributed by atoms with E-state index in [1.54, 1.807) is 51.1 Å². The zero-order valence-electron chi connectivity index (χ0n) is 18.9. The van der Waals surface area contributed by atoms with E-state index in [1.807, 2.05) is 4.57 Å². The highest BCUT2D eigenvalue weighted by Gasteiger charge is 2.24. The van der Waals surface area contributed by atoms with Gasteiger partial charge in [-0.1, -0.05) is 18.2 Å². The van der Waals surface area contributed by atoms with E-state index in [1.165, 1.54) is 13.4 Å². The fourth-order valence-corrected chi connectivity index (χ4v) is 4.06. The molecule has 1 amide bonds. The highest BCUT2D eigenvalue weighted by Crippen LogP contribution is 2.40. The van der Waals surface area contributed by atoms with Crippen molar-refractivity contribution >= 4 is 44.8 Å². The van der Waals surface area contributed by atoms with Crippen molar-refractivity contribution < 1.29 is 19.1 Å². The quantitative estimate of drug-likeness (QED) is 0.370. The van der Waals surface area contributed by atoms with Crippen LogP contribution in [0.3, 0.4) is 0 Å². The van der Waals surface area contributed by atoms with Crippen molar-refractivity contribution in [3.63, 3.8) is 0 Å². The standard InChI is InChI=1S/C23H26BrN5O4/c1-6-15(28-22(31)33-23(2,3)4)11-29-18(24)16(17-19(25)26-12-27-20(17)29)13-7-9-14(10-8-13)21(30)32-5/h6-10,12,15H,1,11H2,2-5H3,(H,28,31)(H2,25,26,27)/t15-/m1/s1. The number of aromatic nitrogens is 3. The van der Waals surface area contributed by atoms with Gasteiger partial charge >= 0.3 is 12.1 Å². The van der Waals surface area contributed by atoms with E-state index in [0.717, 1.165) is 11.1 Å². The first kappa shape index (κ1) is 24.2. The molecule has 0 radical (unpaired) electrons. The van der Waals surface area contributed by atoms with Crippen LogP contribution in [0.2, 0.25) is 0 Å². The molecule has 0 fully saturated rings. The second kappa shape index (κ2) is 9.62. The minimum absolute atomic E-state index is 0.307. The summed E-state index contributed by atoms with van der Waals surface area (Å²) in [5.41, 5.74) is 8.17. The van der Waals surface area contributed by atoms with E-state index in [0.29, 0.717) is 33.6 Å². The third kappa shape index (κ3) is 5.33. The molecule has 2 heterocycles. The Balaban J connectivity index is 2.03. The molecule has 1 aromatic carbocycles. The third-order valence-corrected chi connectivity index (χ3v) is 5.59. The summed E-state index contributed by atoms with van der Waals surface area (Å²) in [4.78, 5) is 32.6. The summed E-state index contributed by atoms with van der Waals surface area (Å²) in [6.07, 6.45) is 2.46. The predicted octanol–water partition coefficient (Wildman–Crippen LogP) is 4.31. The van der Waals surface area contributed by atoms with Crippen molar-refractivity contribution in [1.29, 1.82) is 0 Å². The molecule has 0 saturated heterocycles. The van der Waals surface area contributed by atoms with Crippen LogP contribution >= 0.6 is 15.9 Å². The lowest BCUT2D eigenvalue weighted by Crippen LogP contribution is -2.40. The number of ether oxygens (including phenoxy) is 2. The van der Waals surface area contributed by atoms with Gasteiger partial charge in [0.2, 0.25) is 0 Å². The van der Waals surface area contributed by atoms with Crippen molar-refractivity contribution in [2.24, 2.45) is 0 Å². The van der Waals surface area contributed by atoms with E-state index in [4.69, 9.17) is 15.2 Å². The number of methoxy groups -OCH3 is 1. The Morgan fingerprint density at radius 3 is 2.52 bits per heavy atom. The molecule has 2 aromatic heterocycles. The summed E-state index contributed by atoms with van der Waals surface area (Å²) >= 11 is 3.67. The fraction of sp³-hybridized carbons (Fsp3) is 0.304. The topological polar surface area (TPSA) is 121 Å². The van der Waals surface area contributed by atoms with Crippen molar-refractivity contribution in [1.82, 2.24) is 19.9 Å². The zero-order valence-corrected chi connectivity index (χ0v) is 20.5. The number of amides is 1. The zero-order chi connectivity index (χ0) is 24.3. The van der Waals surface area contributed by atoms with Gasteiger partial charge in [0.25, 0.3) is 0 Å². The molecule has 1 atom stereocenters. The van der Waals surface area contributed by atoms with Gasteiger partial charge in [0.15, 0.2) is 0 Å². The minimum Gasteiger partial charge on any atom is -0.465 e. The molecule has 3 rings (SSSR count). The molecule has 0 aliphatic heterocycles. The van der Waals surface area contributed by atoms with Gasteiger partial charge in [0.1, 0.15) is 23.4 Å². The molecule has 3 aromatic rings. The van der Waals surface area contributed by atoms with Gasteiger partial charge in [-0.05, 0) is 54.4 Å². The van der Waals surface area contributed by atoms with Crippen LogP contribution in [0.25, 0.3) is 22.2 Å². The first-order chi connectivity index (χ1) is 15.6.